The largest absolute Gasteiger partial charge is 0.508 e. The minimum atomic E-state index is -0.470. The molecule has 26 heavy (non-hydrogen) atoms. The Bertz CT molecular complexity index is 913. The van der Waals surface area contributed by atoms with E-state index in [1.54, 1.807) is 49.4 Å². The molecule has 1 aliphatic heterocycles. The fourth-order valence-corrected chi connectivity index (χ4v) is 3.30. The van der Waals surface area contributed by atoms with Gasteiger partial charge in [-0.05, 0) is 55.0 Å². The summed E-state index contributed by atoms with van der Waals surface area (Å²) in [7, 11) is 0. The van der Waals surface area contributed by atoms with Crippen molar-refractivity contribution >= 4 is 52.1 Å². The van der Waals surface area contributed by atoms with Crippen molar-refractivity contribution in [3.05, 3.63) is 69.3 Å². The summed E-state index contributed by atoms with van der Waals surface area (Å²) in [5.41, 5.74) is 2.29. The summed E-state index contributed by atoms with van der Waals surface area (Å²) < 4.78 is 0. The van der Waals surface area contributed by atoms with Crippen LogP contribution in [0.2, 0.25) is 10.0 Å². The number of carbonyl (C=O) groups is 1. The zero-order valence-corrected chi connectivity index (χ0v) is 16.0. The Kier molecular flexibility index (Phi) is 5.36. The van der Waals surface area contributed by atoms with Gasteiger partial charge in [0.1, 0.15) is 5.75 Å². The lowest BCUT2D eigenvalue weighted by molar-refractivity contribution is -0.113. The van der Waals surface area contributed by atoms with Crippen LogP contribution in [0.1, 0.15) is 18.5 Å². The predicted octanol–water partition coefficient (Wildman–Crippen LogP) is 4.13. The van der Waals surface area contributed by atoms with Gasteiger partial charge in [-0.15, -0.1) is 0 Å². The first-order valence-corrected chi connectivity index (χ1v) is 8.85. The lowest BCUT2D eigenvalue weighted by atomic mass is 9.95. The number of carbonyl (C=O) groups excluding carboxylic acids is 1. The van der Waals surface area contributed by atoms with Crippen LogP contribution in [0.5, 0.6) is 5.75 Å². The Morgan fingerprint density at radius 3 is 2.58 bits per heavy atom. The first kappa shape index (κ1) is 18.5. The smallest absolute Gasteiger partial charge is 0.255 e. The number of hydrogen-bond acceptors (Lipinski definition) is 3. The monoisotopic (exact) mass is 407 g/mol. The molecule has 0 saturated heterocycles. The first-order chi connectivity index (χ1) is 12.3. The van der Waals surface area contributed by atoms with E-state index in [4.69, 9.17) is 35.4 Å². The molecule has 0 fully saturated rings. The molecule has 2 aromatic carbocycles. The second-order valence-corrected chi connectivity index (χ2v) is 6.99. The van der Waals surface area contributed by atoms with E-state index in [-0.39, 0.29) is 11.7 Å². The van der Waals surface area contributed by atoms with E-state index in [0.29, 0.717) is 32.1 Å². The summed E-state index contributed by atoms with van der Waals surface area (Å²) in [5.74, 6) is -0.199. The van der Waals surface area contributed by atoms with Crippen LogP contribution in [0.3, 0.4) is 0 Å². The zero-order valence-electron chi connectivity index (χ0n) is 13.6. The van der Waals surface area contributed by atoms with Gasteiger partial charge in [-0.25, -0.2) is 0 Å². The maximum Gasteiger partial charge on any atom is 0.255 e. The molecule has 1 heterocycles. The molecule has 1 unspecified atom stereocenters. The molecule has 1 aliphatic rings. The average Bonchev–Trinajstić information content (AvgIpc) is 2.58. The quantitative estimate of drug-likeness (QED) is 0.575. The summed E-state index contributed by atoms with van der Waals surface area (Å²) in [6.45, 7) is 1.77. The van der Waals surface area contributed by atoms with Crippen LogP contribution in [-0.4, -0.2) is 16.1 Å². The number of hydrogen-bond donors (Lipinski definition) is 4. The molecule has 2 aromatic rings. The summed E-state index contributed by atoms with van der Waals surface area (Å²) >= 11 is 17.3. The van der Waals surface area contributed by atoms with E-state index >= 15 is 0 Å². The number of thiocarbonyl (C=S) groups is 1. The topological polar surface area (TPSA) is 73.4 Å². The zero-order chi connectivity index (χ0) is 18.8. The highest BCUT2D eigenvalue weighted by Crippen LogP contribution is 2.31. The van der Waals surface area contributed by atoms with Gasteiger partial charge in [0.2, 0.25) is 0 Å². The van der Waals surface area contributed by atoms with Crippen molar-refractivity contribution in [1.29, 1.82) is 0 Å². The fraction of sp³-hybridized carbons (Fsp3) is 0.111. The van der Waals surface area contributed by atoms with Gasteiger partial charge in [0.15, 0.2) is 5.11 Å². The normalized spacial score (nSPS) is 16.7. The number of halogens is 2. The van der Waals surface area contributed by atoms with Crippen molar-refractivity contribution in [2.45, 2.75) is 13.0 Å². The van der Waals surface area contributed by atoms with Crippen LogP contribution in [-0.2, 0) is 4.79 Å². The second-order valence-electron chi connectivity index (χ2n) is 5.74. The van der Waals surface area contributed by atoms with Gasteiger partial charge in [0, 0.05) is 10.7 Å². The van der Waals surface area contributed by atoms with E-state index in [1.165, 1.54) is 0 Å². The Balaban J connectivity index is 1.96. The van der Waals surface area contributed by atoms with Crippen LogP contribution in [0.15, 0.2) is 53.7 Å². The molecule has 0 saturated carbocycles. The van der Waals surface area contributed by atoms with Gasteiger partial charge in [0.05, 0.1) is 22.3 Å². The molecule has 5 nitrogen and oxygen atoms in total. The predicted molar refractivity (Wildman–Crippen MR) is 108 cm³/mol. The Morgan fingerprint density at radius 1 is 1.19 bits per heavy atom. The van der Waals surface area contributed by atoms with E-state index in [2.05, 4.69) is 16.0 Å². The second kappa shape index (κ2) is 7.53. The number of benzene rings is 2. The van der Waals surface area contributed by atoms with E-state index in [9.17, 15) is 9.90 Å². The van der Waals surface area contributed by atoms with Gasteiger partial charge in [-0.3, -0.25) is 4.79 Å². The fourth-order valence-electron chi connectivity index (χ4n) is 2.69. The van der Waals surface area contributed by atoms with Crippen LogP contribution >= 0.6 is 35.4 Å². The van der Waals surface area contributed by atoms with Gasteiger partial charge >= 0.3 is 0 Å². The van der Waals surface area contributed by atoms with E-state index in [1.807, 2.05) is 0 Å². The Labute approximate surface area is 166 Å². The molecule has 1 atom stereocenters. The minimum absolute atomic E-state index is 0.141. The van der Waals surface area contributed by atoms with Crippen LogP contribution in [0.4, 0.5) is 5.69 Å². The van der Waals surface area contributed by atoms with Crippen molar-refractivity contribution in [2.75, 3.05) is 5.32 Å². The number of phenolic OH excluding ortho intramolecular Hbond substituents is 1. The number of amides is 1. The van der Waals surface area contributed by atoms with Crippen LogP contribution < -0.4 is 16.0 Å². The molecule has 1 amide bonds. The number of rotatable bonds is 3. The molecule has 0 bridgehead atoms. The maximum atomic E-state index is 13.0. The Hall–Kier alpha value is -2.28. The molecule has 3 rings (SSSR count). The summed E-state index contributed by atoms with van der Waals surface area (Å²) in [5, 5.41) is 19.6. The van der Waals surface area contributed by atoms with Gasteiger partial charge in [-0.1, -0.05) is 35.3 Å². The third-order valence-corrected chi connectivity index (χ3v) is 4.70. The molecule has 0 aliphatic carbocycles. The third kappa shape index (κ3) is 3.93. The van der Waals surface area contributed by atoms with Gasteiger partial charge in [-0.2, -0.15) is 0 Å². The van der Waals surface area contributed by atoms with E-state index < -0.39 is 6.04 Å². The lowest BCUT2D eigenvalue weighted by Crippen LogP contribution is -2.45. The molecule has 0 spiro atoms. The van der Waals surface area contributed by atoms with Gasteiger partial charge in [0.25, 0.3) is 5.91 Å². The van der Waals surface area contributed by atoms with Crippen molar-refractivity contribution in [3.63, 3.8) is 0 Å². The highest BCUT2D eigenvalue weighted by atomic mass is 35.5. The van der Waals surface area contributed by atoms with Crippen molar-refractivity contribution in [1.82, 2.24) is 10.6 Å². The van der Waals surface area contributed by atoms with Crippen molar-refractivity contribution < 1.29 is 9.90 Å². The number of phenols is 1. The van der Waals surface area contributed by atoms with Crippen LogP contribution in [0, 0.1) is 0 Å². The summed E-state index contributed by atoms with van der Waals surface area (Å²) in [6, 6.07) is 10.9. The molecule has 8 heteroatoms. The molecular formula is C18H15Cl2N3O2S. The molecule has 134 valence electrons. The molecule has 4 N–H and O–H groups in total. The third-order valence-electron chi connectivity index (χ3n) is 3.92. The van der Waals surface area contributed by atoms with E-state index in [0.717, 1.165) is 5.56 Å². The maximum absolute atomic E-state index is 13.0. The minimum Gasteiger partial charge on any atom is -0.508 e. The summed E-state index contributed by atoms with van der Waals surface area (Å²) in [4.78, 5) is 13.0. The summed E-state index contributed by atoms with van der Waals surface area (Å²) in [6.07, 6.45) is 0. The SMILES string of the molecule is CC1=C(C(=O)Nc2cc(Cl)ccc2Cl)C(c2ccc(O)cc2)NC(=S)N1. The van der Waals surface area contributed by atoms with Gasteiger partial charge < -0.3 is 21.1 Å². The highest BCUT2D eigenvalue weighted by Gasteiger charge is 2.30. The first-order valence-electron chi connectivity index (χ1n) is 7.69. The molecule has 0 aromatic heterocycles. The average molecular weight is 408 g/mol. The number of anilines is 1. The van der Waals surface area contributed by atoms with Crippen molar-refractivity contribution in [2.24, 2.45) is 0 Å². The van der Waals surface area contributed by atoms with Crippen LogP contribution in [0.25, 0.3) is 0 Å². The number of allylic oxidation sites excluding steroid dienone is 1. The molecular weight excluding hydrogens is 393 g/mol. The lowest BCUT2D eigenvalue weighted by Gasteiger charge is -2.30. The number of nitrogens with one attached hydrogen (secondary N) is 3. The van der Waals surface area contributed by atoms with Crippen molar-refractivity contribution in [3.8, 4) is 5.75 Å². The molecule has 0 radical (unpaired) electrons. The standard InChI is InChI=1S/C18H15Cl2N3O2S/c1-9-15(17(25)22-14-8-11(19)4-7-13(14)20)16(23-18(26)21-9)10-2-5-12(24)6-3-10/h2-8,16,24H,1H3,(H,22,25)(H2,21,23,26). The highest BCUT2D eigenvalue weighted by molar-refractivity contribution is 7.80. The Morgan fingerprint density at radius 2 is 1.88 bits per heavy atom. The number of aromatic hydroxyl groups is 1.